The Bertz CT molecular complexity index is 182. The summed E-state index contributed by atoms with van der Waals surface area (Å²) >= 11 is 0. The lowest BCUT2D eigenvalue weighted by atomic mass is 9.53. The van der Waals surface area contributed by atoms with Crippen LogP contribution >= 0.6 is 0 Å². The summed E-state index contributed by atoms with van der Waals surface area (Å²) in [4.78, 5) is 0. The van der Waals surface area contributed by atoms with E-state index in [4.69, 9.17) is 0 Å². The van der Waals surface area contributed by atoms with Crippen LogP contribution in [-0.4, -0.2) is 0 Å². The zero-order valence-electron chi connectivity index (χ0n) is 8.40. The van der Waals surface area contributed by atoms with Crippen LogP contribution in [0.5, 0.6) is 0 Å². The summed E-state index contributed by atoms with van der Waals surface area (Å²) in [6, 6.07) is 0. The quantitative estimate of drug-likeness (QED) is 0.476. The third-order valence-corrected chi connectivity index (χ3v) is 4.47. The molecule has 2 aliphatic rings. The Hall–Kier alpha value is -0.260. The molecule has 0 aliphatic heterocycles. The van der Waals surface area contributed by atoms with Gasteiger partial charge in [-0.15, -0.1) is 0 Å². The first kappa shape index (κ1) is 8.34. The average Bonchev–Trinajstić information content (AvgIpc) is 2.05. The predicted octanol–water partition coefficient (Wildman–Crippen LogP) is 3.92. The van der Waals surface area contributed by atoms with Crippen molar-refractivity contribution >= 4 is 0 Å². The molecule has 2 atom stereocenters. The van der Waals surface area contributed by atoms with Gasteiger partial charge in [-0.25, -0.2) is 0 Å². The van der Waals surface area contributed by atoms with Crippen molar-refractivity contribution in [2.24, 2.45) is 10.8 Å². The van der Waals surface area contributed by atoms with E-state index in [1.165, 1.54) is 38.5 Å². The minimum atomic E-state index is 0.625. The number of hydrogen-bond acceptors (Lipinski definition) is 0. The molecule has 0 aromatic carbocycles. The van der Waals surface area contributed by atoms with Crippen LogP contribution in [-0.2, 0) is 0 Å². The van der Waals surface area contributed by atoms with Gasteiger partial charge in [0.1, 0.15) is 0 Å². The van der Waals surface area contributed by atoms with Gasteiger partial charge in [-0.1, -0.05) is 38.8 Å². The van der Waals surface area contributed by atoms with Crippen LogP contribution in [0.15, 0.2) is 12.2 Å². The van der Waals surface area contributed by atoms with E-state index < -0.39 is 0 Å². The van der Waals surface area contributed by atoms with Gasteiger partial charge in [0.25, 0.3) is 0 Å². The Kier molecular flexibility index (Phi) is 1.82. The normalized spacial score (nSPS) is 47.2. The van der Waals surface area contributed by atoms with Crippen LogP contribution in [0.25, 0.3) is 0 Å². The molecule has 1 fully saturated rings. The second-order valence-corrected chi connectivity index (χ2v) is 5.21. The molecule has 12 heavy (non-hydrogen) atoms. The van der Waals surface area contributed by atoms with Crippen molar-refractivity contribution in [2.45, 2.75) is 52.4 Å². The number of fused-ring (bicyclic) bond motifs is 1. The molecule has 2 rings (SSSR count). The standard InChI is InChI=1S/C12H20/c1-11-7-3-5-9-12(11,2)10-6-4-8-11/h3,5H,4,6-10H2,1-2H3/t11-,12+. The maximum atomic E-state index is 2.50. The van der Waals surface area contributed by atoms with E-state index in [2.05, 4.69) is 26.0 Å². The summed E-state index contributed by atoms with van der Waals surface area (Å²) in [6.45, 7) is 4.99. The molecule has 0 aromatic rings. The lowest BCUT2D eigenvalue weighted by molar-refractivity contribution is 0.0142. The van der Waals surface area contributed by atoms with Crippen LogP contribution in [0, 0.1) is 10.8 Å². The Morgan fingerprint density at radius 1 is 0.833 bits per heavy atom. The largest absolute Gasteiger partial charge is 0.0880 e. The topological polar surface area (TPSA) is 0 Å². The third-order valence-electron chi connectivity index (χ3n) is 4.47. The third kappa shape index (κ3) is 1.04. The van der Waals surface area contributed by atoms with Gasteiger partial charge in [-0.3, -0.25) is 0 Å². The van der Waals surface area contributed by atoms with E-state index in [-0.39, 0.29) is 0 Å². The fourth-order valence-electron chi connectivity index (χ4n) is 3.02. The maximum absolute atomic E-state index is 2.50. The fraction of sp³-hybridized carbons (Fsp3) is 0.833. The molecule has 0 spiro atoms. The minimum Gasteiger partial charge on any atom is -0.0880 e. The van der Waals surface area contributed by atoms with Gasteiger partial charge in [0, 0.05) is 0 Å². The molecular weight excluding hydrogens is 144 g/mol. The Morgan fingerprint density at radius 3 is 1.67 bits per heavy atom. The van der Waals surface area contributed by atoms with Crippen molar-refractivity contribution in [1.29, 1.82) is 0 Å². The lowest BCUT2D eigenvalue weighted by Crippen LogP contribution is -2.41. The van der Waals surface area contributed by atoms with E-state index >= 15 is 0 Å². The molecule has 0 unspecified atom stereocenters. The highest BCUT2D eigenvalue weighted by Crippen LogP contribution is 2.56. The molecule has 0 radical (unpaired) electrons. The van der Waals surface area contributed by atoms with Crippen molar-refractivity contribution in [3.05, 3.63) is 12.2 Å². The summed E-state index contributed by atoms with van der Waals surface area (Å²) in [7, 11) is 0. The van der Waals surface area contributed by atoms with Gasteiger partial charge in [0.05, 0.1) is 0 Å². The van der Waals surface area contributed by atoms with E-state index in [0.717, 1.165) is 0 Å². The molecule has 0 aromatic heterocycles. The number of allylic oxidation sites excluding steroid dienone is 2. The highest BCUT2D eigenvalue weighted by Gasteiger charge is 2.45. The van der Waals surface area contributed by atoms with Gasteiger partial charge in [0.15, 0.2) is 0 Å². The number of hydrogen-bond donors (Lipinski definition) is 0. The van der Waals surface area contributed by atoms with E-state index in [1.54, 1.807) is 0 Å². The molecule has 0 heterocycles. The van der Waals surface area contributed by atoms with Gasteiger partial charge in [-0.05, 0) is 36.5 Å². The van der Waals surface area contributed by atoms with Crippen LogP contribution in [0.4, 0.5) is 0 Å². The number of rotatable bonds is 0. The summed E-state index contributed by atoms with van der Waals surface area (Å²) in [5.41, 5.74) is 1.25. The van der Waals surface area contributed by atoms with Crippen molar-refractivity contribution in [2.75, 3.05) is 0 Å². The lowest BCUT2D eigenvalue weighted by Gasteiger charge is -2.51. The molecule has 1 saturated carbocycles. The first-order valence-corrected chi connectivity index (χ1v) is 5.31. The molecular formula is C12H20. The summed E-state index contributed by atoms with van der Waals surface area (Å²) < 4.78 is 0. The zero-order chi connectivity index (χ0) is 8.66. The zero-order valence-corrected chi connectivity index (χ0v) is 8.40. The summed E-state index contributed by atoms with van der Waals surface area (Å²) in [5, 5.41) is 0. The molecule has 0 amide bonds. The first-order chi connectivity index (χ1) is 5.66. The average molecular weight is 164 g/mol. The Labute approximate surface area is 76.1 Å². The monoisotopic (exact) mass is 164 g/mol. The van der Waals surface area contributed by atoms with E-state index in [1.807, 2.05) is 0 Å². The van der Waals surface area contributed by atoms with Crippen molar-refractivity contribution < 1.29 is 0 Å². The molecule has 68 valence electrons. The highest BCUT2D eigenvalue weighted by molar-refractivity contribution is 5.07. The highest BCUT2D eigenvalue weighted by atomic mass is 14.5. The molecule has 0 saturated heterocycles. The van der Waals surface area contributed by atoms with Gasteiger partial charge in [-0.2, -0.15) is 0 Å². The van der Waals surface area contributed by atoms with Gasteiger partial charge >= 0.3 is 0 Å². The molecule has 0 heteroatoms. The Balaban J connectivity index is 2.28. The Morgan fingerprint density at radius 2 is 1.25 bits per heavy atom. The van der Waals surface area contributed by atoms with Crippen LogP contribution < -0.4 is 0 Å². The second kappa shape index (κ2) is 2.61. The molecule has 2 aliphatic carbocycles. The minimum absolute atomic E-state index is 0.625. The van der Waals surface area contributed by atoms with Gasteiger partial charge < -0.3 is 0 Å². The fourth-order valence-corrected chi connectivity index (χ4v) is 3.02. The summed E-state index contributed by atoms with van der Waals surface area (Å²) in [5.74, 6) is 0. The smallest absolute Gasteiger partial charge is 0.0234 e. The van der Waals surface area contributed by atoms with Crippen molar-refractivity contribution in [1.82, 2.24) is 0 Å². The van der Waals surface area contributed by atoms with Crippen molar-refractivity contribution in [3.63, 3.8) is 0 Å². The van der Waals surface area contributed by atoms with Crippen LogP contribution in [0.1, 0.15) is 52.4 Å². The van der Waals surface area contributed by atoms with Gasteiger partial charge in [0.2, 0.25) is 0 Å². The predicted molar refractivity (Wildman–Crippen MR) is 53.1 cm³/mol. The molecule has 0 N–H and O–H groups in total. The van der Waals surface area contributed by atoms with E-state index in [9.17, 15) is 0 Å². The SMILES string of the molecule is C[C@@]12CC=CC[C@]1(C)CCCC2. The first-order valence-electron chi connectivity index (χ1n) is 5.31. The molecule has 0 bridgehead atoms. The van der Waals surface area contributed by atoms with E-state index in [0.29, 0.717) is 10.8 Å². The summed E-state index contributed by atoms with van der Waals surface area (Å²) in [6.07, 6.45) is 13.3. The van der Waals surface area contributed by atoms with Crippen LogP contribution in [0.3, 0.4) is 0 Å². The van der Waals surface area contributed by atoms with Crippen molar-refractivity contribution in [3.8, 4) is 0 Å². The maximum Gasteiger partial charge on any atom is -0.0234 e. The molecule has 0 nitrogen and oxygen atoms in total. The van der Waals surface area contributed by atoms with Crippen LogP contribution in [0.2, 0.25) is 0 Å². The second-order valence-electron chi connectivity index (χ2n) is 5.21.